The molecule has 0 saturated carbocycles. The van der Waals surface area contributed by atoms with Gasteiger partial charge in [0.05, 0.1) is 6.42 Å². The second-order valence-electron chi connectivity index (χ2n) is 3.64. The van der Waals surface area contributed by atoms with Crippen LogP contribution in [0.5, 0.6) is 0 Å². The molecule has 0 aliphatic rings. The van der Waals surface area contributed by atoms with Gasteiger partial charge in [-0.1, -0.05) is 37.6 Å². The molecule has 17 heavy (non-hydrogen) atoms. The van der Waals surface area contributed by atoms with Gasteiger partial charge in [-0.3, -0.25) is 9.59 Å². The van der Waals surface area contributed by atoms with Crippen molar-refractivity contribution in [3.05, 3.63) is 23.8 Å². The van der Waals surface area contributed by atoms with Crippen LogP contribution in [0.2, 0.25) is 0 Å². The van der Waals surface area contributed by atoms with Crippen LogP contribution < -0.4 is 5.32 Å². The number of hydrogen-bond donors (Lipinski definition) is 2. The molecule has 0 fully saturated rings. The van der Waals surface area contributed by atoms with Crippen molar-refractivity contribution < 1.29 is 14.7 Å². The number of allylic oxidation sites excluding steroid dienone is 3. The number of hydrogen-bond acceptors (Lipinski definition) is 2. The molecule has 96 valence electrons. The summed E-state index contributed by atoms with van der Waals surface area (Å²) in [4.78, 5) is 21.5. The van der Waals surface area contributed by atoms with Gasteiger partial charge in [0.15, 0.2) is 0 Å². The van der Waals surface area contributed by atoms with E-state index >= 15 is 0 Å². The van der Waals surface area contributed by atoms with E-state index in [1.165, 1.54) is 5.57 Å². The Morgan fingerprint density at radius 2 is 2.00 bits per heavy atom. The minimum atomic E-state index is -0.903. The Labute approximate surface area is 102 Å². The van der Waals surface area contributed by atoms with Gasteiger partial charge in [-0.15, -0.1) is 0 Å². The predicted octanol–water partition coefficient (Wildman–Crippen LogP) is 2.27. The summed E-state index contributed by atoms with van der Waals surface area (Å²) in [5.74, 6) is -1.05. The second-order valence-corrected chi connectivity index (χ2v) is 3.64. The van der Waals surface area contributed by atoms with E-state index < -0.39 is 5.97 Å². The van der Waals surface area contributed by atoms with Crippen molar-refractivity contribution in [3.63, 3.8) is 0 Å². The van der Waals surface area contributed by atoms with Crippen molar-refractivity contribution in [2.24, 2.45) is 0 Å². The monoisotopic (exact) mass is 239 g/mol. The first-order valence-corrected chi connectivity index (χ1v) is 5.94. The molecule has 0 saturated heterocycles. The molecule has 0 aromatic carbocycles. The average molecular weight is 239 g/mol. The smallest absolute Gasteiger partial charge is 0.305 e. The van der Waals surface area contributed by atoms with Crippen LogP contribution in [0.3, 0.4) is 0 Å². The highest BCUT2D eigenvalue weighted by atomic mass is 16.4. The highest BCUT2D eigenvalue weighted by Gasteiger charge is 2.00. The van der Waals surface area contributed by atoms with E-state index in [4.69, 9.17) is 5.11 Å². The van der Waals surface area contributed by atoms with E-state index in [-0.39, 0.29) is 18.9 Å². The van der Waals surface area contributed by atoms with E-state index in [1.807, 2.05) is 6.08 Å². The van der Waals surface area contributed by atoms with E-state index in [1.54, 1.807) is 6.08 Å². The van der Waals surface area contributed by atoms with E-state index in [9.17, 15) is 9.59 Å². The highest BCUT2D eigenvalue weighted by molar-refractivity contribution is 5.78. The zero-order valence-electron chi connectivity index (χ0n) is 10.5. The molecular weight excluding hydrogens is 218 g/mol. The quantitative estimate of drug-likeness (QED) is 0.638. The molecule has 0 atom stereocenters. The van der Waals surface area contributed by atoms with Crippen molar-refractivity contribution >= 4 is 11.9 Å². The molecule has 0 rings (SSSR count). The fourth-order valence-corrected chi connectivity index (χ4v) is 1.29. The summed E-state index contributed by atoms with van der Waals surface area (Å²) in [7, 11) is 0. The third kappa shape index (κ3) is 9.35. The average Bonchev–Trinajstić information content (AvgIpc) is 2.27. The number of aliphatic carboxylic acids is 1. The van der Waals surface area contributed by atoms with Crippen LogP contribution in [-0.2, 0) is 9.59 Å². The maximum atomic E-state index is 11.3. The first-order valence-electron chi connectivity index (χ1n) is 5.94. The third-order valence-electron chi connectivity index (χ3n) is 2.17. The van der Waals surface area contributed by atoms with Crippen LogP contribution in [0.4, 0.5) is 0 Å². The molecule has 1 amide bonds. The minimum absolute atomic E-state index is 0.0363. The highest BCUT2D eigenvalue weighted by Crippen LogP contribution is 2.04. The summed E-state index contributed by atoms with van der Waals surface area (Å²) in [5, 5.41) is 10.9. The zero-order valence-corrected chi connectivity index (χ0v) is 10.5. The Hall–Kier alpha value is -1.58. The number of carbonyl (C=O) groups excluding carboxylic acids is 1. The van der Waals surface area contributed by atoms with Crippen molar-refractivity contribution in [1.82, 2.24) is 5.32 Å². The number of nitrogens with one attached hydrogen (secondary N) is 1. The Kier molecular flexibility index (Phi) is 8.74. The van der Waals surface area contributed by atoms with Crippen LogP contribution in [0.15, 0.2) is 23.8 Å². The van der Waals surface area contributed by atoms with E-state index in [0.29, 0.717) is 6.42 Å². The van der Waals surface area contributed by atoms with Gasteiger partial charge >= 0.3 is 5.97 Å². The Morgan fingerprint density at radius 3 is 2.53 bits per heavy atom. The van der Waals surface area contributed by atoms with Gasteiger partial charge < -0.3 is 10.4 Å². The standard InChI is InChI=1S/C13H21NO3/c1-3-6-11(4-2)7-5-8-12(15)14-10-9-13(16)17/h5-7H,3-4,8-10H2,1-2H3,(H,14,15)(H,16,17)/b7-5-,11-6-. The Balaban J connectivity index is 3.86. The third-order valence-corrected chi connectivity index (χ3v) is 2.17. The molecule has 4 nitrogen and oxygen atoms in total. The van der Waals surface area contributed by atoms with Crippen molar-refractivity contribution in [3.8, 4) is 0 Å². The molecule has 0 radical (unpaired) electrons. The Morgan fingerprint density at radius 1 is 1.29 bits per heavy atom. The molecular formula is C13H21NO3. The van der Waals surface area contributed by atoms with Crippen LogP contribution in [0.25, 0.3) is 0 Å². The van der Waals surface area contributed by atoms with Crippen molar-refractivity contribution in [2.45, 2.75) is 39.5 Å². The summed E-state index contributed by atoms with van der Waals surface area (Å²) in [6.07, 6.45) is 8.07. The van der Waals surface area contributed by atoms with E-state index in [0.717, 1.165) is 12.8 Å². The van der Waals surface area contributed by atoms with Gasteiger partial charge in [0.2, 0.25) is 5.91 Å². The molecule has 0 aliphatic heterocycles. The van der Waals surface area contributed by atoms with Gasteiger partial charge in [0, 0.05) is 13.0 Å². The molecule has 4 heteroatoms. The SMILES string of the molecule is CC/C=C(\C=C/CC(=O)NCCC(=O)O)CC. The molecule has 2 N–H and O–H groups in total. The van der Waals surface area contributed by atoms with Crippen molar-refractivity contribution in [2.75, 3.05) is 6.54 Å². The van der Waals surface area contributed by atoms with Crippen LogP contribution >= 0.6 is 0 Å². The maximum Gasteiger partial charge on any atom is 0.305 e. The number of carbonyl (C=O) groups is 2. The summed E-state index contributed by atoms with van der Waals surface area (Å²) < 4.78 is 0. The van der Waals surface area contributed by atoms with Crippen LogP contribution in [0, 0.1) is 0 Å². The zero-order chi connectivity index (χ0) is 13.1. The maximum absolute atomic E-state index is 11.3. The minimum Gasteiger partial charge on any atom is -0.481 e. The summed E-state index contributed by atoms with van der Waals surface area (Å²) in [5.41, 5.74) is 1.21. The lowest BCUT2D eigenvalue weighted by Crippen LogP contribution is -2.25. The molecule has 0 spiro atoms. The molecule has 0 unspecified atom stereocenters. The van der Waals surface area contributed by atoms with E-state index in [2.05, 4.69) is 25.2 Å². The summed E-state index contributed by atoms with van der Waals surface area (Å²) in [6.45, 7) is 4.33. The first kappa shape index (κ1) is 15.4. The predicted molar refractivity (Wildman–Crippen MR) is 67.7 cm³/mol. The number of rotatable bonds is 8. The molecule has 0 bridgehead atoms. The lowest BCUT2D eigenvalue weighted by Gasteiger charge is -2.00. The van der Waals surface area contributed by atoms with Crippen LogP contribution in [0.1, 0.15) is 39.5 Å². The number of carboxylic acids is 1. The molecule has 0 aromatic rings. The Bertz CT molecular complexity index is 306. The van der Waals surface area contributed by atoms with Gasteiger partial charge in [0.25, 0.3) is 0 Å². The molecule has 0 heterocycles. The fourth-order valence-electron chi connectivity index (χ4n) is 1.29. The van der Waals surface area contributed by atoms with Gasteiger partial charge in [-0.25, -0.2) is 0 Å². The van der Waals surface area contributed by atoms with Gasteiger partial charge in [-0.2, -0.15) is 0 Å². The summed E-state index contributed by atoms with van der Waals surface area (Å²) >= 11 is 0. The first-order chi connectivity index (χ1) is 8.10. The molecule has 0 aromatic heterocycles. The number of carboxylic acid groups (broad SMARTS) is 1. The molecule has 0 aliphatic carbocycles. The lowest BCUT2D eigenvalue weighted by atomic mass is 10.1. The van der Waals surface area contributed by atoms with Gasteiger partial charge in [0.1, 0.15) is 0 Å². The van der Waals surface area contributed by atoms with Gasteiger partial charge in [-0.05, 0) is 12.8 Å². The fraction of sp³-hybridized carbons (Fsp3) is 0.538. The lowest BCUT2D eigenvalue weighted by molar-refractivity contribution is -0.136. The normalized spacial score (nSPS) is 11.8. The topological polar surface area (TPSA) is 66.4 Å². The van der Waals surface area contributed by atoms with Crippen molar-refractivity contribution in [1.29, 1.82) is 0 Å². The summed E-state index contributed by atoms with van der Waals surface area (Å²) in [6, 6.07) is 0. The van der Waals surface area contributed by atoms with Crippen LogP contribution in [-0.4, -0.2) is 23.5 Å². The largest absolute Gasteiger partial charge is 0.481 e. The number of amides is 1. The second kappa shape index (κ2) is 9.63.